The average molecular weight is 310 g/mol. The smallest absolute Gasteiger partial charge is 0.227 e. The van der Waals surface area contributed by atoms with Crippen molar-refractivity contribution in [2.45, 2.75) is 79.2 Å². The topological polar surface area (TPSA) is 49.4 Å². The number of rotatable bonds is 6. The maximum atomic E-state index is 12.3. The SMILES string of the molecule is CCCCCC(C)NC(=O)C1CCN(C(=O)C(C)(C)C)CC1. The molecular formula is C18H34N2O2. The Kier molecular flexibility index (Phi) is 7.37. The molecule has 0 aromatic heterocycles. The molecule has 0 saturated carbocycles. The first kappa shape index (κ1) is 19.0. The van der Waals surface area contributed by atoms with Gasteiger partial charge in [-0.3, -0.25) is 9.59 Å². The van der Waals surface area contributed by atoms with Crippen LogP contribution < -0.4 is 5.32 Å². The standard InChI is InChI=1S/C18H34N2O2/c1-6-7-8-9-14(2)19-16(21)15-10-12-20(13-11-15)17(22)18(3,4)5/h14-15H,6-13H2,1-5H3,(H,19,21). The number of carbonyl (C=O) groups is 2. The fourth-order valence-electron chi connectivity index (χ4n) is 2.95. The number of unbranched alkanes of at least 4 members (excludes halogenated alkanes) is 2. The maximum absolute atomic E-state index is 12.3. The van der Waals surface area contributed by atoms with Gasteiger partial charge in [0.05, 0.1) is 0 Å². The molecule has 1 unspecified atom stereocenters. The van der Waals surface area contributed by atoms with Crippen molar-refractivity contribution < 1.29 is 9.59 Å². The number of hydrogen-bond donors (Lipinski definition) is 1. The molecule has 2 amide bonds. The molecule has 128 valence electrons. The summed E-state index contributed by atoms with van der Waals surface area (Å²) in [5, 5.41) is 3.14. The van der Waals surface area contributed by atoms with Crippen LogP contribution >= 0.6 is 0 Å². The lowest BCUT2D eigenvalue weighted by Gasteiger charge is -2.35. The summed E-state index contributed by atoms with van der Waals surface area (Å²) in [5.41, 5.74) is -0.330. The molecule has 0 aromatic rings. The molecular weight excluding hydrogens is 276 g/mol. The summed E-state index contributed by atoms with van der Waals surface area (Å²) in [5.74, 6) is 0.434. The third kappa shape index (κ3) is 5.98. The Bertz CT molecular complexity index is 366. The van der Waals surface area contributed by atoms with E-state index >= 15 is 0 Å². The number of nitrogens with zero attached hydrogens (tertiary/aromatic N) is 1. The van der Waals surface area contributed by atoms with Crippen LogP contribution in [0.15, 0.2) is 0 Å². The monoisotopic (exact) mass is 310 g/mol. The lowest BCUT2D eigenvalue weighted by molar-refractivity contribution is -0.142. The second-order valence-corrected chi connectivity index (χ2v) is 7.72. The zero-order chi connectivity index (χ0) is 16.8. The van der Waals surface area contributed by atoms with Crippen LogP contribution in [0.2, 0.25) is 0 Å². The van der Waals surface area contributed by atoms with Crippen molar-refractivity contribution in [3.05, 3.63) is 0 Å². The van der Waals surface area contributed by atoms with E-state index in [1.807, 2.05) is 25.7 Å². The van der Waals surface area contributed by atoms with Gasteiger partial charge >= 0.3 is 0 Å². The van der Waals surface area contributed by atoms with Crippen LogP contribution in [0.4, 0.5) is 0 Å². The second-order valence-electron chi connectivity index (χ2n) is 7.72. The number of nitrogens with one attached hydrogen (secondary N) is 1. The van der Waals surface area contributed by atoms with Gasteiger partial charge in [-0.25, -0.2) is 0 Å². The molecule has 1 heterocycles. The number of carbonyl (C=O) groups excluding carboxylic acids is 2. The summed E-state index contributed by atoms with van der Waals surface area (Å²) in [4.78, 5) is 26.5. The zero-order valence-electron chi connectivity index (χ0n) is 15.1. The number of piperidine rings is 1. The largest absolute Gasteiger partial charge is 0.353 e. The first-order chi connectivity index (χ1) is 10.3. The van der Waals surface area contributed by atoms with Crippen molar-refractivity contribution in [3.63, 3.8) is 0 Å². The second kappa shape index (κ2) is 8.54. The van der Waals surface area contributed by atoms with Crippen molar-refractivity contribution in [2.24, 2.45) is 11.3 Å². The van der Waals surface area contributed by atoms with Gasteiger partial charge in [0.15, 0.2) is 0 Å². The molecule has 0 spiro atoms. The van der Waals surface area contributed by atoms with Crippen molar-refractivity contribution in [1.29, 1.82) is 0 Å². The molecule has 0 bridgehead atoms. The minimum absolute atomic E-state index is 0.0673. The van der Waals surface area contributed by atoms with E-state index in [1.165, 1.54) is 19.3 Å². The Morgan fingerprint density at radius 2 is 1.77 bits per heavy atom. The van der Waals surface area contributed by atoms with Gasteiger partial charge in [0.25, 0.3) is 0 Å². The Hall–Kier alpha value is -1.06. The highest BCUT2D eigenvalue weighted by atomic mass is 16.2. The molecule has 4 nitrogen and oxygen atoms in total. The molecule has 4 heteroatoms. The van der Waals surface area contributed by atoms with E-state index in [0.29, 0.717) is 13.1 Å². The number of likely N-dealkylation sites (tertiary alicyclic amines) is 1. The van der Waals surface area contributed by atoms with E-state index in [-0.39, 0.29) is 29.2 Å². The average Bonchev–Trinajstić information content (AvgIpc) is 2.46. The normalized spacial score (nSPS) is 18.1. The van der Waals surface area contributed by atoms with Gasteiger partial charge < -0.3 is 10.2 Å². The minimum Gasteiger partial charge on any atom is -0.353 e. The molecule has 0 aliphatic carbocycles. The summed E-state index contributed by atoms with van der Waals surface area (Å²) in [6.45, 7) is 11.5. The number of hydrogen-bond acceptors (Lipinski definition) is 2. The molecule has 1 rings (SSSR count). The fourth-order valence-corrected chi connectivity index (χ4v) is 2.95. The van der Waals surface area contributed by atoms with Gasteiger partial charge in [0.1, 0.15) is 0 Å². The Morgan fingerprint density at radius 3 is 2.27 bits per heavy atom. The lowest BCUT2D eigenvalue weighted by atomic mass is 9.90. The summed E-state index contributed by atoms with van der Waals surface area (Å²) in [6, 6.07) is 0.258. The van der Waals surface area contributed by atoms with Crippen molar-refractivity contribution in [1.82, 2.24) is 10.2 Å². The predicted octanol–water partition coefficient (Wildman–Crippen LogP) is 3.36. The van der Waals surface area contributed by atoms with Gasteiger partial charge in [-0.1, -0.05) is 47.0 Å². The molecule has 0 radical (unpaired) electrons. The van der Waals surface area contributed by atoms with Gasteiger partial charge in [-0.2, -0.15) is 0 Å². The molecule has 22 heavy (non-hydrogen) atoms. The van der Waals surface area contributed by atoms with E-state index in [2.05, 4.69) is 19.2 Å². The molecule has 1 saturated heterocycles. The van der Waals surface area contributed by atoms with Crippen LogP contribution in [0.25, 0.3) is 0 Å². The molecule has 1 N–H and O–H groups in total. The van der Waals surface area contributed by atoms with Crippen molar-refractivity contribution in [2.75, 3.05) is 13.1 Å². The summed E-state index contributed by atoms with van der Waals surface area (Å²) in [6.07, 6.45) is 6.25. The molecule has 1 aliphatic heterocycles. The van der Waals surface area contributed by atoms with Gasteiger partial charge in [-0.15, -0.1) is 0 Å². The molecule has 0 aromatic carbocycles. The van der Waals surface area contributed by atoms with Crippen LogP contribution in [0, 0.1) is 11.3 Å². The first-order valence-corrected chi connectivity index (χ1v) is 8.85. The van der Waals surface area contributed by atoms with Crippen molar-refractivity contribution >= 4 is 11.8 Å². The predicted molar refractivity (Wildman–Crippen MR) is 90.5 cm³/mol. The molecule has 1 aliphatic rings. The summed E-state index contributed by atoms with van der Waals surface area (Å²) < 4.78 is 0. The van der Waals surface area contributed by atoms with Crippen LogP contribution in [0.5, 0.6) is 0 Å². The highest BCUT2D eigenvalue weighted by molar-refractivity contribution is 5.82. The van der Waals surface area contributed by atoms with Crippen LogP contribution in [-0.4, -0.2) is 35.8 Å². The van der Waals surface area contributed by atoms with Crippen LogP contribution in [-0.2, 0) is 9.59 Å². The Labute approximate surface area is 136 Å². The summed E-state index contributed by atoms with van der Waals surface area (Å²) in [7, 11) is 0. The van der Waals surface area contributed by atoms with Crippen LogP contribution in [0.1, 0.15) is 73.1 Å². The molecule has 1 atom stereocenters. The third-order valence-electron chi connectivity index (χ3n) is 4.42. The van der Waals surface area contributed by atoms with Gasteiger partial charge in [0, 0.05) is 30.5 Å². The highest BCUT2D eigenvalue weighted by Crippen LogP contribution is 2.23. The Morgan fingerprint density at radius 1 is 1.18 bits per heavy atom. The Balaban J connectivity index is 2.35. The molecule has 1 fully saturated rings. The van der Waals surface area contributed by atoms with E-state index in [1.54, 1.807) is 0 Å². The third-order valence-corrected chi connectivity index (χ3v) is 4.42. The van der Waals surface area contributed by atoms with E-state index in [4.69, 9.17) is 0 Å². The van der Waals surface area contributed by atoms with E-state index < -0.39 is 0 Å². The van der Waals surface area contributed by atoms with E-state index in [9.17, 15) is 9.59 Å². The quantitative estimate of drug-likeness (QED) is 0.765. The van der Waals surface area contributed by atoms with Crippen LogP contribution in [0.3, 0.4) is 0 Å². The zero-order valence-corrected chi connectivity index (χ0v) is 15.1. The van der Waals surface area contributed by atoms with Gasteiger partial charge in [-0.05, 0) is 26.2 Å². The maximum Gasteiger partial charge on any atom is 0.227 e. The summed E-state index contributed by atoms with van der Waals surface area (Å²) >= 11 is 0. The lowest BCUT2D eigenvalue weighted by Crippen LogP contribution is -2.47. The fraction of sp³-hybridized carbons (Fsp3) is 0.889. The first-order valence-electron chi connectivity index (χ1n) is 8.85. The van der Waals surface area contributed by atoms with Crippen molar-refractivity contribution in [3.8, 4) is 0 Å². The van der Waals surface area contributed by atoms with E-state index in [0.717, 1.165) is 19.3 Å². The highest BCUT2D eigenvalue weighted by Gasteiger charge is 2.32. The minimum atomic E-state index is -0.330. The van der Waals surface area contributed by atoms with Gasteiger partial charge in [0.2, 0.25) is 11.8 Å². The number of amides is 2.